The van der Waals surface area contributed by atoms with Crippen LogP contribution in [-0.4, -0.2) is 41.0 Å². The van der Waals surface area contributed by atoms with Crippen molar-refractivity contribution in [1.29, 1.82) is 0 Å². The van der Waals surface area contributed by atoms with Crippen molar-refractivity contribution in [2.24, 2.45) is 10.4 Å². The van der Waals surface area contributed by atoms with E-state index >= 15 is 0 Å². The summed E-state index contributed by atoms with van der Waals surface area (Å²) in [6.45, 7) is 23.5. The lowest BCUT2D eigenvalue weighted by Gasteiger charge is -2.42. The average Bonchev–Trinajstić information content (AvgIpc) is 2.82. The molecule has 0 aliphatic carbocycles. The Morgan fingerprint density at radius 2 is 1.74 bits per heavy atom. The Kier molecular flexibility index (Phi) is 7.99. The molecule has 35 heavy (non-hydrogen) atoms. The zero-order chi connectivity index (χ0) is 25.9. The van der Waals surface area contributed by atoms with Crippen LogP contribution >= 0.6 is 0 Å². The van der Waals surface area contributed by atoms with E-state index in [9.17, 15) is 5.11 Å². The molecule has 2 aromatic rings. The van der Waals surface area contributed by atoms with Gasteiger partial charge < -0.3 is 20.2 Å². The van der Waals surface area contributed by atoms with Crippen LogP contribution < -0.4 is 5.32 Å². The normalized spacial score (nSPS) is 16.7. The number of hydrogen-bond donors (Lipinski definition) is 2. The van der Waals surface area contributed by atoms with Gasteiger partial charge in [-0.3, -0.25) is 0 Å². The molecular formula is C30H42N4O. The molecule has 5 nitrogen and oxygen atoms in total. The number of piperidine rings is 1. The van der Waals surface area contributed by atoms with Gasteiger partial charge in [-0.25, -0.2) is 4.99 Å². The summed E-state index contributed by atoms with van der Waals surface area (Å²) in [5.41, 5.74) is 8.37. The number of fused-ring (bicyclic) bond motifs is 1. The number of guanidine groups is 1. The van der Waals surface area contributed by atoms with E-state index < -0.39 is 0 Å². The molecule has 188 valence electrons. The van der Waals surface area contributed by atoms with Crippen LogP contribution in [0.4, 0.5) is 11.4 Å². The molecule has 2 heterocycles. The second kappa shape index (κ2) is 10.6. The monoisotopic (exact) mass is 474 g/mol. The van der Waals surface area contributed by atoms with Gasteiger partial charge in [0.2, 0.25) is 5.96 Å². The van der Waals surface area contributed by atoms with Crippen molar-refractivity contribution in [3.05, 3.63) is 71.3 Å². The quantitative estimate of drug-likeness (QED) is 0.451. The largest absolute Gasteiger partial charge is 0.508 e. The molecule has 0 radical (unpaired) electrons. The molecule has 2 aromatic carbocycles. The Balaban J connectivity index is 0.00000167. The summed E-state index contributed by atoms with van der Waals surface area (Å²) < 4.78 is 0. The third-order valence-electron chi connectivity index (χ3n) is 6.92. The molecule has 2 aliphatic rings. The number of likely N-dealkylation sites (tertiary alicyclic amines) is 1. The third kappa shape index (κ3) is 5.72. The highest BCUT2D eigenvalue weighted by molar-refractivity contribution is 5.97. The Hall–Kier alpha value is -3.21. The maximum absolute atomic E-state index is 10.1. The van der Waals surface area contributed by atoms with Crippen LogP contribution in [-0.2, 0) is 6.54 Å². The van der Waals surface area contributed by atoms with Gasteiger partial charge in [0.15, 0.2) is 0 Å². The van der Waals surface area contributed by atoms with Crippen molar-refractivity contribution in [2.75, 3.05) is 25.5 Å². The first kappa shape index (κ1) is 26.4. The minimum atomic E-state index is 0.0656. The molecule has 2 N–H and O–H groups in total. The second-order valence-corrected chi connectivity index (χ2v) is 10.2. The van der Waals surface area contributed by atoms with Crippen LogP contribution in [0.25, 0.3) is 11.5 Å². The predicted octanol–water partition coefficient (Wildman–Crippen LogP) is 7.50. The standard InChI is InChI=1S/C28H36N4O.C2H6/c1-18-8-9-25(24(15-18)21(4)33)29-17-22-14-19(2)16-23-20(3)31(7)27(30-26(22)23)32-12-10-28(5,6)11-13-32;1-2/h8-9,14-16,29,33H,3-4,10-13,17H2,1-2,5-7H3;1-2H3. The van der Waals surface area contributed by atoms with Gasteiger partial charge in [0.05, 0.1) is 5.69 Å². The number of nitrogens with one attached hydrogen (secondary N) is 1. The summed E-state index contributed by atoms with van der Waals surface area (Å²) in [4.78, 5) is 9.70. The van der Waals surface area contributed by atoms with Crippen molar-refractivity contribution in [2.45, 2.75) is 60.9 Å². The summed E-state index contributed by atoms with van der Waals surface area (Å²) in [7, 11) is 2.07. The first-order valence-electron chi connectivity index (χ1n) is 12.7. The van der Waals surface area contributed by atoms with Crippen LogP contribution in [0.5, 0.6) is 0 Å². The van der Waals surface area contributed by atoms with Gasteiger partial charge >= 0.3 is 0 Å². The Morgan fingerprint density at radius 3 is 2.37 bits per heavy atom. The van der Waals surface area contributed by atoms with E-state index in [1.807, 2.05) is 39.0 Å². The smallest absolute Gasteiger partial charge is 0.206 e. The summed E-state index contributed by atoms with van der Waals surface area (Å²) in [5.74, 6) is 1.05. The van der Waals surface area contributed by atoms with Gasteiger partial charge in [0.25, 0.3) is 0 Å². The summed E-state index contributed by atoms with van der Waals surface area (Å²) >= 11 is 0. The predicted molar refractivity (Wildman–Crippen MR) is 151 cm³/mol. The molecule has 4 rings (SSSR count). The molecular weight excluding hydrogens is 432 g/mol. The van der Waals surface area contributed by atoms with Gasteiger partial charge in [-0.05, 0) is 61.4 Å². The number of anilines is 1. The molecule has 5 heteroatoms. The Morgan fingerprint density at radius 1 is 1.09 bits per heavy atom. The van der Waals surface area contributed by atoms with Crippen molar-refractivity contribution in [1.82, 2.24) is 9.80 Å². The Bertz CT molecular complexity index is 1140. The minimum Gasteiger partial charge on any atom is -0.508 e. The van der Waals surface area contributed by atoms with E-state index in [1.54, 1.807) is 0 Å². The fourth-order valence-corrected chi connectivity index (χ4v) is 4.65. The van der Waals surface area contributed by atoms with E-state index in [1.165, 1.54) is 5.56 Å². The Labute approximate surface area is 211 Å². The highest BCUT2D eigenvalue weighted by Gasteiger charge is 2.32. The molecule has 0 bridgehead atoms. The first-order valence-corrected chi connectivity index (χ1v) is 12.7. The van der Waals surface area contributed by atoms with Crippen LogP contribution in [0.3, 0.4) is 0 Å². The second-order valence-electron chi connectivity index (χ2n) is 10.2. The summed E-state index contributed by atoms with van der Waals surface area (Å²) in [6.07, 6.45) is 2.31. The SMILES string of the molecule is C=C(O)c1cc(C)ccc1NCc1cc(C)cc2c1N=C(N1CCC(C)(C)CC1)N(C)C2=C.CC. The maximum atomic E-state index is 10.1. The van der Waals surface area contributed by atoms with Crippen molar-refractivity contribution in [3.8, 4) is 0 Å². The van der Waals surface area contributed by atoms with Crippen LogP contribution in [0.2, 0.25) is 0 Å². The summed E-state index contributed by atoms with van der Waals surface area (Å²) in [6, 6.07) is 10.3. The lowest BCUT2D eigenvalue weighted by molar-refractivity contribution is 0.180. The minimum absolute atomic E-state index is 0.0656. The van der Waals surface area contributed by atoms with E-state index in [0.717, 1.165) is 71.2 Å². The molecule has 0 aromatic heterocycles. The third-order valence-corrected chi connectivity index (χ3v) is 6.92. The van der Waals surface area contributed by atoms with E-state index in [4.69, 9.17) is 4.99 Å². The summed E-state index contributed by atoms with van der Waals surface area (Å²) in [5, 5.41) is 13.6. The highest BCUT2D eigenvalue weighted by Crippen LogP contribution is 2.39. The zero-order valence-electron chi connectivity index (χ0n) is 22.6. The number of aliphatic hydroxyl groups is 1. The number of aliphatic hydroxyl groups excluding tert-OH is 1. The van der Waals surface area contributed by atoms with E-state index in [-0.39, 0.29) is 5.76 Å². The van der Waals surface area contributed by atoms with Crippen molar-refractivity contribution in [3.63, 3.8) is 0 Å². The lowest BCUT2D eigenvalue weighted by atomic mass is 9.83. The van der Waals surface area contributed by atoms with Crippen molar-refractivity contribution >= 4 is 28.8 Å². The first-order chi connectivity index (χ1) is 16.6. The average molecular weight is 475 g/mol. The van der Waals surface area contributed by atoms with Gasteiger partial charge in [0.1, 0.15) is 5.76 Å². The molecule has 0 atom stereocenters. The topological polar surface area (TPSA) is 51.1 Å². The lowest BCUT2D eigenvalue weighted by Crippen LogP contribution is -2.47. The number of nitrogens with zero attached hydrogens (tertiary/aromatic N) is 3. The molecule has 1 fully saturated rings. The number of aryl methyl sites for hydroxylation is 2. The number of benzene rings is 2. The molecule has 1 saturated heterocycles. The van der Waals surface area contributed by atoms with E-state index in [2.05, 4.69) is 68.2 Å². The molecule has 0 amide bonds. The van der Waals surface area contributed by atoms with Gasteiger partial charge in [-0.15, -0.1) is 0 Å². The number of hydrogen-bond acceptors (Lipinski definition) is 5. The van der Waals surface area contributed by atoms with Crippen molar-refractivity contribution < 1.29 is 5.11 Å². The van der Waals surface area contributed by atoms with Crippen LogP contribution in [0.1, 0.15) is 68.4 Å². The maximum Gasteiger partial charge on any atom is 0.206 e. The van der Waals surface area contributed by atoms with Crippen LogP contribution in [0.15, 0.2) is 48.5 Å². The zero-order valence-corrected chi connectivity index (χ0v) is 22.6. The van der Waals surface area contributed by atoms with E-state index in [0.29, 0.717) is 12.0 Å². The fraction of sp³-hybridized carbons (Fsp3) is 0.433. The van der Waals surface area contributed by atoms with Gasteiger partial charge in [-0.2, -0.15) is 0 Å². The van der Waals surface area contributed by atoms with Gasteiger partial charge in [0, 0.05) is 49.2 Å². The molecule has 0 unspecified atom stereocenters. The van der Waals surface area contributed by atoms with Gasteiger partial charge in [-0.1, -0.05) is 58.5 Å². The highest BCUT2D eigenvalue weighted by atomic mass is 16.3. The van der Waals surface area contributed by atoms with Crippen LogP contribution in [0, 0.1) is 19.3 Å². The number of aliphatic imine (C=N–C) groups is 1. The molecule has 2 aliphatic heterocycles. The molecule has 0 spiro atoms. The number of rotatable bonds is 4. The molecule has 0 saturated carbocycles. The fourth-order valence-electron chi connectivity index (χ4n) is 4.65.